The Morgan fingerprint density at radius 2 is 1.97 bits per heavy atom. The summed E-state index contributed by atoms with van der Waals surface area (Å²) in [4.78, 5) is 15.1. The van der Waals surface area contributed by atoms with Crippen molar-refractivity contribution in [3.63, 3.8) is 0 Å². The SMILES string of the molecule is c1ccc(COc2cccc3[nH]cc(CN4CCc5nc(-c6ccco6)ncc5C4)c23)cc1. The summed E-state index contributed by atoms with van der Waals surface area (Å²) >= 11 is 0. The molecule has 3 aromatic heterocycles. The number of ether oxygens (including phenoxy) is 1. The number of H-pyrrole nitrogens is 1. The van der Waals surface area contributed by atoms with Crippen LogP contribution in [0.1, 0.15) is 22.4 Å². The van der Waals surface area contributed by atoms with Crippen LogP contribution in [0, 0.1) is 0 Å². The molecule has 1 N–H and O–H groups in total. The smallest absolute Gasteiger partial charge is 0.195 e. The van der Waals surface area contributed by atoms with Crippen LogP contribution in [-0.2, 0) is 26.1 Å². The summed E-state index contributed by atoms with van der Waals surface area (Å²) in [7, 11) is 0. The van der Waals surface area contributed by atoms with Gasteiger partial charge in [0.25, 0.3) is 0 Å². The van der Waals surface area contributed by atoms with Crippen LogP contribution in [0.2, 0.25) is 0 Å². The summed E-state index contributed by atoms with van der Waals surface area (Å²) in [5.74, 6) is 2.28. The summed E-state index contributed by atoms with van der Waals surface area (Å²) in [5.41, 5.74) is 5.79. The number of hydrogen-bond acceptors (Lipinski definition) is 5. The van der Waals surface area contributed by atoms with Crippen molar-refractivity contribution in [2.45, 2.75) is 26.1 Å². The van der Waals surface area contributed by atoms with Gasteiger partial charge in [-0.05, 0) is 35.4 Å². The minimum absolute atomic E-state index is 0.553. The molecule has 1 aliphatic rings. The zero-order valence-electron chi connectivity index (χ0n) is 18.2. The van der Waals surface area contributed by atoms with E-state index in [2.05, 4.69) is 45.3 Å². The average Bonchev–Trinajstić information content (AvgIpc) is 3.54. The van der Waals surface area contributed by atoms with E-state index in [1.54, 1.807) is 6.26 Å². The van der Waals surface area contributed by atoms with E-state index >= 15 is 0 Å². The number of hydrogen-bond donors (Lipinski definition) is 1. The lowest BCUT2D eigenvalue weighted by Gasteiger charge is -2.27. The van der Waals surface area contributed by atoms with Gasteiger partial charge in [0.05, 0.1) is 12.0 Å². The summed E-state index contributed by atoms with van der Waals surface area (Å²) < 4.78 is 11.7. The number of aromatic amines is 1. The van der Waals surface area contributed by atoms with Crippen molar-refractivity contribution in [1.82, 2.24) is 19.9 Å². The fraction of sp³-hybridized carbons (Fsp3) is 0.185. The van der Waals surface area contributed by atoms with Crippen LogP contribution >= 0.6 is 0 Å². The molecule has 0 saturated heterocycles. The van der Waals surface area contributed by atoms with Gasteiger partial charge in [0.15, 0.2) is 11.6 Å². The first-order chi connectivity index (χ1) is 16.3. The molecule has 6 rings (SSSR count). The van der Waals surface area contributed by atoms with Gasteiger partial charge in [-0.15, -0.1) is 0 Å². The number of nitrogens with zero attached hydrogens (tertiary/aromatic N) is 3. The third kappa shape index (κ3) is 4.01. The number of rotatable bonds is 6. The monoisotopic (exact) mass is 436 g/mol. The third-order valence-corrected chi connectivity index (χ3v) is 6.13. The van der Waals surface area contributed by atoms with E-state index in [0.29, 0.717) is 18.2 Å². The van der Waals surface area contributed by atoms with Crippen molar-refractivity contribution in [1.29, 1.82) is 0 Å². The lowest BCUT2D eigenvalue weighted by Crippen LogP contribution is -2.30. The normalized spacial score (nSPS) is 13.8. The molecule has 0 aliphatic carbocycles. The topological polar surface area (TPSA) is 67.2 Å². The highest BCUT2D eigenvalue weighted by molar-refractivity contribution is 5.89. The molecule has 0 bridgehead atoms. The van der Waals surface area contributed by atoms with Gasteiger partial charge in [-0.2, -0.15) is 0 Å². The molecule has 0 unspecified atom stereocenters. The lowest BCUT2D eigenvalue weighted by atomic mass is 10.1. The van der Waals surface area contributed by atoms with Crippen LogP contribution in [0.5, 0.6) is 5.75 Å². The number of aromatic nitrogens is 3. The fourth-order valence-corrected chi connectivity index (χ4v) is 4.47. The molecule has 6 nitrogen and oxygen atoms in total. The van der Waals surface area contributed by atoms with Gasteiger partial charge in [0.1, 0.15) is 12.4 Å². The minimum atomic E-state index is 0.553. The fourth-order valence-electron chi connectivity index (χ4n) is 4.47. The van der Waals surface area contributed by atoms with E-state index in [1.165, 1.54) is 11.1 Å². The van der Waals surface area contributed by atoms with Crippen molar-refractivity contribution in [2.75, 3.05) is 6.54 Å². The Kier molecular flexibility index (Phi) is 5.13. The Balaban J connectivity index is 1.21. The van der Waals surface area contributed by atoms with E-state index in [1.807, 2.05) is 42.6 Å². The summed E-state index contributed by atoms with van der Waals surface area (Å²) in [6.07, 6.45) is 6.59. The molecule has 2 aromatic carbocycles. The Morgan fingerprint density at radius 3 is 2.85 bits per heavy atom. The van der Waals surface area contributed by atoms with Crippen molar-refractivity contribution in [3.8, 4) is 17.3 Å². The van der Waals surface area contributed by atoms with Gasteiger partial charge in [0, 0.05) is 54.9 Å². The summed E-state index contributed by atoms with van der Waals surface area (Å²) in [6.45, 7) is 3.16. The molecule has 1 aliphatic heterocycles. The first-order valence-electron chi connectivity index (χ1n) is 11.2. The number of furan rings is 1. The van der Waals surface area contributed by atoms with Gasteiger partial charge in [-0.25, -0.2) is 9.97 Å². The van der Waals surface area contributed by atoms with Crippen LogP contribution in [0.25, 0.3) is 22.5 Å². The van der Waals surface area contributed by atoms with Gasteiger partial charge in [-0.3, -0.25) is 4.90 Å². The van der Waals surface area contributed by atoms with Crippen LogP contribution < -0.4 is 4.74 Å². The van der Waals surface area contributed by atoms with Crippen LogP contribution in [0.3, 0.4) is 0 Å². The van der Waals surface area contributed by atoms with E-state index in [0.717, 1.165) is 54.0 Å². The molecular weight excluding hydrogens is 412 g/mol. The average molecular weight is 437 g/mol. The number of nitrogens with one attached hydrogen (secondary N) is 1. The van der Waals surface area contributed by atoms with Gasteiger partial charge in [0.2, 0.25) is 0 Å². The highest BCUT2D eigenvalue weighted by atomic mass is 16.5. The summed E-state index contributed by atoms with van der Waals surface area (Å²) in [5, 5.41) is 1.16. The van der Waals surface area contributed by atoms with Crippen LogP contribution in [0.15, 0.2) is 83.7 Å². The molecule has 5 aromatic rings. The number of benzene rings is 2. The summed E-state index contributed by atoms with van der Waals surface area (Å²) in [6, 6.07) is 20.2. The quantitative estimate of drug-likeness (QED) is 0.388. The molecule has 4 heterocycles. The van der Waals surface area contributed by atoms with Gasteiger partial charge in [-0.1, -0.05) is 36.4 Å². The molecule has 33 heavy (non-hydrogen) atoms. The Labute approximate surface area is 191 Å². The highest BCUT2D eigenvalue weighted by Gasteiger charge is 2.21. The number of fused-ring (bicyclic) bond motifs is 2. The molecule has 0 radical (unpaired) electrons. The van der Waals surface area contributed by atoms with Crippen LogP contribution in [0.4, 0.5) is 0 Å². The second-order valence-electron chi connectivity index (χ2n) is 8.37. The second-order valence-corrected chi connectivity index (χ2v) is 8.37. The van der Waals surface area contributed by atoms with Crippen molar-refractivity contribution < 1.29 is 9.15 Å². The van der Waals surface area contributed by atoms with Crippen molar-refractivity contribution in [2.24, 2.45) is 0 Å². The molecule has 6 heteroatoms. The lowest BCUT2D eigenvalue weighted by molar-refractivity contribution is 0.243. The second kappa shape index (κ2) is 8.56. The largest absolute Gasteiger partial charge is 0.488 e. The van der Waals surface area contributed by atoms with E-state index in [9.17, 15) is 0 Å². The maximum Gasteiger partial charge on any atom is 0.195 e. The Hall–Kier alpha value is -3.90. The molecule has 0 fully saturated rings. The first-order valence-corrected chi connectivity index (χ1v) is 11.2. The third-order valence-electron chi connectivity index (χ3n) is 6.13. The van der Waals surface area contributed by atoms with Crippen LogP contribution in [-0.4, -0.2) is 26.4 Å². The molecule has 0 amide bonds. The van der Waals surface area contributed by atoms with Gasteiger partial charge < -0.3 is 14.1 Å². The van der Waals surface area contributed by atoms with E-state index in [4.69, 9.17) is 14.1 Å². The molecule has 0 atom stereocenters. The van der Waals surface area contributed by atoms with E-state index < -0.39 is 0 Å². The zero-order valence-corrected chi connectivity index (χ0v) is 18.2. The first kappa shape index (κ1) is 19.8. The molecule has 164 valence electrons. The maximum atomic E-state index is 6.23. The Bertz CT molecular complexity index is 1380. The molecule has 0 spiro atoms. The minimum Gasteiger partial charge on any atom is -0.488 e. The molecular formula is C27H24N4O2. The standard InChI is InChI=1S/C27H24N4O2/c1-2-6-19(7-3-1)18-33-24-9-4-8-23-26(24)21(15-28-23)17-31-12-11-22-20(16-31)14-29-27(30-22)25-10-5-13-32-25/h1-10,13-15,28H,11-12,16-18H2. The zero-order chi connectivity index (χ0) is 22.0. The predicted molar refractivity (Wildman–Crippen MR) is 127 cm³/mol. The maximum absolute atomic E-state index is 6.23. The predicted octanol–water partition coefficient (Wildman–Crippen LogP) is 5.36. The van der Waals surface area contributed by atoms with Gasteiger partial charge >= 0.3 is 0 Å². The van der Waals surface area contributed by atoms with E-state index in [-0.39, 0.29) is 0 Å². The van der Waals surface area contributed by atoms with Crippen molar-refractivity contribution >= 4 is 10.9 Å². The Morgan fingerprint density at radius 1 is 1.03 bits per heavy atom. The highest BCUT2D eigenvalue weighted by Crippen LogP contribution is 2.31. The van der Waals surface area contributed by atoms with Crippen molar-refractivity contribution in [3.05, 3.63) is 102 Å². The molecule has 0 saturated carbocycles.